The van der Waals surface area contributed by atoms with Crippen LogP contribution in [0.2, 0.25) is 5.02 Å². The van der Waals surface area contributed by atoms with Crippen LogP contribution in [0, 0.1) is 5.92 Å². The summed E-state index contributed by atoms with van der Waals surface area (Å²) in [4.78, 5) is 14.3. The maximum absolute atomic E-state index is 12.0. The van der Waals surface area contributed by atoms with Crippen LogP contribution in [0.25, 0.3) is 0 Å². The monoisotopic (exact) mass is 280 g/mol. The second-order valence-corrected chi connectivity index (χ2v) is 5.68. The quantitative estimate of drug-likeness (QED) is 0.918. The highest BCUT2D eigenvalue weighted by molar-refractivity contribution is 6.30. The largest absolute Gasteiger partial charge is 0.356 e. The minimum Gasteiger partial charge on any atom is -0.356 e. The Kier molecular flexibility index (Phi) is 5.23. The van der Waals surface area contributed by atoms with E-state index in [0.29, 0.717) is 6.54 Å². The maximum Gasteiger partial charge on any atom is 0.223 e. The van der Waals surface area contributed by atoms with Gasteiger partial charge in [0.1, 0.15) is 0 Å². The first-order valence-electron chi connectivity index (χ1n) is 6.86. The minimum atomic E-state index is 0.190. The lowest BCUT2D eigenvalue weighted by Gasteiger charge is -2.28. The zero-order chi connectivity index (χ0) is 13.7. The van der Waals surface area contributed by atoms with E-state index >= 15 is 0 Å². The normalized spacial score (nSPS) is 17.4. The van der Waals surface area contributed by atoms with E-state index in [2.05, 4.69) is 17.3 Å². The molecule has 3 nitrogen and oxygen atoms in total. The Morgan fingerprint density at radius 1 is 1.42 bits per heavy atom. The van der Waals surface area contributed by atoms with Crippen LogP contribution in [0.3, 0.4) is 0 Å². The summed E-state index contributed by atoms with van der Waals surface area (Å²) in [5.41, 5.74) is 1.16. The summed E-state index contributed by atoms with van der Waals surface area (Å²) in [6.45, 7) is 2.73. The van der Waals surface area contributed by atoms with Crippen molar-refractivity contribution < 1.29 is 4.79 Å². The highest BCUT2D eigenvalue weighted by Crippen LogP contribution is 2.16. The maximum atomic E-state index is 12.0. The molecule has 1 aromatic rings. The van der Waals surface area contributed by atoms with Gasteiger partial charge in [0, 0.05) is 17.5 Å². The van der Waals surface area contributed by atoms with E-state index in [0.717, 1.165) is 42.9 Å². The first-order chi connectivity index (χ1) is 9.15. The molecule has 0 saturated carbocycles. The minimum absolute atomic E-state index is 0.190. The van der Waals surface area contributed by atoms with Gasteiger partial charge in [0.2, 0.25) is 5.91 Å². The summed E-state index contributed by atoms with van der Waals surface area (Å²) in [6.07, 6.45) is 2.78. The predicted molar refractivity (Wildman–Crippen MR) is 78.4 cm³/mol. The number of hydrogen-bond donors (Lipinski definition) is 1. The Morgan fingerprint density at radius 3 is 2.84 bits per heavy atom. The molecule has 4 heteroatoms. The highest BCUT2D eigenvalue weighted by Gasteiger charge is 2.22. The SMILES string of the molecule is CN1CCC(C(=O)NCCc2cccc(Cl)c2)CC1. The van der Waals surface area contributed by atoms with E-state index in [4.69, 9.17) is 11.6 Å². The van der Waals surface area contributed by atoms with Gasteiger partial charge in [0.05, 0.1) is 0 Å². The third-order valence-electron chi connectivity index (χ3n) is 3.69. The van der Waals surface area contributed by atoms with Crippen LogP contribution in [-0.4, -0.2) is 37.5 Å². The van der Waals surface area contributed by atoms with E-state index in [9.17, 15) is 4.79 Å². The fourth-order valence-electron chi connectivity index (χ4n) is 2.44. The number of piperidine rings is 1. The van der Waals surface area contributed by atoms with Crippen molar-refractivity contribution in [3.63, 3.8) is 0 Å². The lowest BCUT2D eigenvalue weighted by molar-refractivity contribution is -0.126. The molecule has 1 N–H and O–H groups in total. The van der Waals surface area contributed by atoms with Crippen LogP contribution in [0.15, 0.2) is 24.3 Å². The number of carbonyl (C=O) groups excluding carboxylic acids is 1. The lowest BCUT2D eigenvalue weighted by atomic mass is 9.96. The second kappa shape index (κ2) is 6.92. The summed E-state index contributed by atoms with van der Waals surface area (Å²) in [5.74, 6) is 0.394. The average molecular weight is 281 g/mol. The van der Waals surface area contributed by atoms with Crippen molar-refractivity contribution in [3.05, 3.63) is 34.9 Å². The third kappa shape index (κ3) is 4.51. The van der Waals surface area contributed by atoms with Crippen molar-refractivity contribution in [1.82, 2.24) is 10.2 Å². The van der Waals surface area contributed by atoms with Gasteiger partial charge in [-0.05, 0) is 57.1 Å². The molecule has 1 aromatic carbocycles. The molecule has 104 valence electrons. The highest BCUT2D eigenvalue weighted by atomic mass is 35.5. The molecule has 1 aliphatic rings. The third-order valence-corrected chi connectivity index (χ3v) is 3.93. The first-order valence-corrected chi connectivity index (χ1v) is 7.23. The van der Waals surface area contributed by atoms with Gasteiger partial charge in [0.15, 0.2) is 0 Å². The average Bonchev–Trinajstić information content (AvgIpc) is 2.39. The molecule has 0 bridgehead atoms. The molecule has 19 heavy (non-hydrogen) atoms. The van der Waals surface area contributed by atoms with Crippen LogP contribution < -0.4 is 5.32 Å². The zero-order valence-electron chi connectivity index (χ0n) is 11.4. The second-order valence-electron chi connectivity index (χ2n) is 5.25. The molecule has 1 aliphatic heterocycles. The van der Waals surface area contributed by atoms with Crippen molar-refractivity contribution in [2.45, 2.75) is 19.3 Å². The van der Waals surface area contributed by atoms with Crippen molar-refractivity contribution in [1.29, 1.82) is 0 Å². The number of halogens is 1. The van der Waals surface area contributed by atoms with E-state index in [1.807, 2.05) is 24.3 Å². The number of nitrogens with one attached hydrogen (secondary N) is 1. The molecule has 1 heterocycles. The van der Waals surface area contributed by atoms with Crippen LogP contribution in [0.5, 0.6) is 0 Å². The molecule has 2 rings (SSSR count). The molecule has 0 radical (unpaired) electrons. The Bertz CT molecular complexity index is 428. The number of rotatable bonds is 4. The van der Waals surface area contributed by atoms with Crippen LogP contribution in [0.4, 0.5) is 0 Å². The zero-order valence-corrected chi connectivity index (χ0v) is 12.1. The molecular formula is C15H21ClN2O. The number of carbonyl (C=O) groups is 1. The number of nitrogens with zero attached hydrogens (tertiary/aromatic N) is 1. The Balaban J connectivity index is 1.72. The summed E-state index contributed by atoms with van der Waals surface area (Å²) >= 11 is 5.93. The van der Waals surface area contributed by atoms with Crippen LogP contribution in [0.1, 0.15) is 18.4 Å². The number of amides is 1. The predicted octanol–water partition coefficient (Wildman–Crippen LogP) is 2.34. The first kappa shape index (κ1) is 14.4. The van der Waals surface area contributed by atoms with E-state index in [1.54, 1.807) is 0 Å². The van der Waals surface area contributed by atoms with Crippen molar-refractivity contribution in [2.24, 2.45) is 5.92 Å². The van der Waals surface area contributed by atoms with Crippen LogP contribution in [-0.2, 0) is 11.2 Å². The summed E-state index contributed by atoms with van der Waals surface area (Å²) < 4.78 is 0. The van der Waals surface area contributed by atoms with Gasteiger partial charge in [-0.25, -0.2) is 0 Å². The molecular weight excluding hydrogens is 260 g/mol. The van der Waals surface area contributed by atoms with Crippen molar-refractivity contribution >= 4 is 17.5 Å². The van der Waals surface area contributed by atoms with Gasteiger partial charge in [-0.2, -0.15) is 0 Å². The summed E-state index contributed by atoms with van der Waals surface area (Å²) in [5, 5.41) is 3.78. The van der Waals surface area contributed by atoms with Gasteiger partial charge >= 0.3 is 0 Å². The van der Waals surface area contributed by atoms with E-state index in [1.165, 1.54) is 0 Å². The van der Waals surface area contributed by atoms with Crippen molar-refractivity contribution in [2.75, 3.05) is 26.7 Å². The molecule has 0 unspecified atom stereocenters. The molecule has 0 aliphatic carbocycles. The van der Waals surface area contributed by atoms with Crippen molar-refractivity contribution in [3.8, 4) is 0 Å². The van der Waals surface area contributed by atoms with Gasteiger partial charge in [0.25, 0.3) is 0 Å². The van der Waals surface area contributed by atoms with E-state index < -0.39 is 0 Å². The van der Waals surface area contributed by atoms with Gasteiger partial charge < -0.3 is 10.2 Å². The Hall–Kier alpha value is -1.06. The van der Waals surface area contributed by atoms with Gasteiger partial charge in [-0.3, -0.25) is 4.79 Å². The molecule has 0 atom stereocenters. The number of hydrogen-bond acceptors (Lipinski definition) is 2. The topological polar surface area (TPSA) is 32.3 Å². The Morgan fingerprint density at radius 2 is 2.16 bits per heavy atom. The lowest BCUT2D eigenvalue weighted by Crippen LogP contribution is -2.39. The summed E-state index contributed by atoms with van der Waals surface area (Å²) in [6, 6.07) is 7.79. The van der Waals surface area contributed by atoms with Gasteiger partial charge in [-0.15, -0.1) is 0 Å². The molecule has 0 aromatic heterocycles. The fourth-order valence-corrected chi connectivity index (χ4v) is 2.65. The van der Waals surface area contributed by atoms with Crippen LogP contribution >= 0.6 is 11.6 Å². The fraction of sp³-hybridized carbons (Fsp3) is 0.533. The standard InChI is InChI=1S/C15H21ClN2O/c1-18-9-6-13(7-10-18)15(19)17-8-5-12-3-2-4-14(16)11-12/h2-4,11,13H,5-10H2,1H3,(H,17,19). The molecule has 1 saturated heterocycles. The number of likely N-dealkylation sites (tertiary alicyclic amines) is 1. The van der Waals surface area contributed by atoms with Gasteiger partial charge in [-0.1, -0.05) is 23.7 Å². The smallest absolute Gasteiger partial charge is 0.223 e. The van der Waals surface area contributed by atoms with E-state index in [-0.39, 0.29) is 11.8 Å². The molecule has 0 spiro atoms. The molecule has 1 fully saturated rings. The Labute approximate surface area is 119 Å². The summed E-state index contributed by atoms with van der Waals surface area (Å²) in [7, 11) is 2.10. The number of benzene rings is 1. The molecule has 1 amide bonds.